The number of nitrogens with zero attached hydrogens (tertiary/aromatic N) is 6. The van der Waals surface area contributed by atoms with E-state index in [0.717, 1.165) is 0 Å². The first kappa shape index (κ1) is 15.3. The predicted octanol–water partition coefficient (Wildman–Crippen LogP) is 0.958. The molecule has 0 saturated heterocycles. The standard InChI is InChI=1S/C16H14N10O/c17-13-11-15(21-5-19-11)25-9(23-13)3-7-1-2-8(27-7)4-10-24-14(18)12-16(26-10)22-6-20-12/h1-2,5-6H,3-4H2,(H3,17,19,21,23,25)(H3,18,20,22,24,26). The third-order valence-electron chi connectivity index (χ3n) is 4.10. The fourth-order valence-electron chi connectivity index (χ4n) is 2.89. The van der Waals surface area contributed by atoms with Crippen molar-refractivity contribution in [1.29, 1.82) is 0 Å². The number of H-pyrrole nitrogens is 2. The molecule has 0 bridgehead atoms. The molecule has 0 aliphatic carbocycles. The Morgan fingerprint density at radius 3 is 1.70 bits per heavy atom. The summed E-state index contributed by atoms with van der Waals surface area (Å²) in [6, 6.07) is 3.72. The van der Waals surface area contributed by atoms with Gasteiger partial charge in [-0.2, -0.15) is 0 Å². The molecular formula is C16H14N10O. The zero-order valence-electron chi connectivity index (χ0n) is 14.0. The first-order chi connectivity index (χ1) is 13.2. The van der Waals surface area contributed by atoms with Gasteiger partial charge in [-0.3, -0.25) is 0 Å². The van der Waals surface area contributed by atoms with E-state index in [2.05, 4.69) is 39.9 Å². The van der Waals surface area contributed by atoms with Crippen LogP contribution in [0, 0.1) is 0 Å². The number of furan rings is 1. The van der Waals surface area contributed by atoms with E-state index in [1.54, 1.807) is 0 Å². The molecule has 134 valence electrons. The van der Waals surface area contributed by atoms with Crippen molar-refractivity contribution in [3.63, 3.8) is 0 Å². The molecule has 0 saturated carbocycles. The Hall–Kier alpha value is -4.02. The largest absolute Gasteiger partial charge is 0.465 e. The molecule has 6 N–H and O–H groups in total. The molecule has 27 heavy (non-hydrogen) atoms. The second-order valence-electron chi connectivity index (χ2n) is 5.97. The van der Waals surface area contributed by atoms with Crippen LogP contribution in [-0.2, 0) is 12.8 Å². The molecule has 0 amide bonds. The van der Waals surface area contributed by atoms with E-state index in [-0.39, 0.29) is 0 Å². The van der Waals surface area contributed by atoms with Gasteiger partial charge < -0.3 is 25.9 Å². The monoisotopic (exact) mass is 362 g/mol. The molecule has 0 fully saturated rings. The molecule has 11 heteroatoms. The summed E-state index contributed by atoms with van der Waals surface area (Å²) >= 11 is 0. The lowest BCUT2D eigenvalue weighted by molar-refractivity contribution is 0.477. The number of imidazole rings is 2. The summed E-state index contributed by atoms with van der Waals surface area (Å²) in [5.41, 5.74) is 14.2. The molecule has 0 aromatic carbocycles. The Kier molecular flexibility index (Phi) is 3.25. The van der Waals surface area contributed by atoms with Crippen molar-refractivity contribution in [2.24, 2.45) is 0 Å². The average molecular weight is 362 g/mol. The van der Waals surface area contributed by atoms with Crippen molar-refractivity contribution < 1.29 is 4.42 Å². The van der Waals surface area contributed by atoms with E-state index in [4.69, 9.17) is 15.9 Å². The molecule has 5 heterocycles. The van der Waals surface area contributed by atoms with Gasteiger partial charge in [-0.15, -0.1) is 0 Å². The van der Waals surface area contributed by atoms with E-state index < -0.39 is 0 Å². The molecule has 0 aliphatic rings. The number of hydrogen-bond donors (Lipinski definition) is 4. The van der Waals surface area contributed by atoms with Crippen molar-refractivity contribution in [2.75, 3.05) is 11.5 Å². The number of aromatic amines is 2. The van der Waals surface area contributed by atoms with Crippen LogP contribution in [0.15, 0.2) is 29.2 Å². The lowest BCUT2D eigenvalue weighted by Gasteiger charge is -2.01. The minimum atomic E-state index is 0.357. The minimum absolute atomic E-state index is 0.357. The molecule has 0 atom stereocenters. The molecule has 0 spiro atoms. The van der Waals surface area contributed by atoms with Crippen molar-refractivity contribution >= 4 is 34.0 Å². The van der Waals surface area contributed by atoms with Crippen molar-refractivity contribution in [3.05, 3.63) is 48.0 Å². The van der Waals surface area contributed by atoms with E-state index in [1.165, 1.54) is 12.7 Å². The fraction of sp³-hybridized carbons (Fsp3) is 0.125. The second-order valence-corrected chi connectivity index (χ2v) is 5.97. The zero-order valence-corrected chi connectivity index (χ0v) is 14.0. The number of aromatic nitrogens is 8. The molecule has 0 aliphatic heterocycles. The number of nitrogens with one attached hydrogen (secondary N) is 2. The summed E-state index contributed by atoms with van der Waals surface area (Å²) in [5, 5.41) is 0. The van der Waals surface area contributed by atoms with Crippen molar-refractivity contribution in [3.8, 4) is 0 Å². The number of nitrogens with two attached hydrogens (primary N) is 2. The Balaban J connectivity index is 1.38. The van der Waals surface area contributed by atoms with E-state index in [9.17, 15) is 0 Å². The van der Waals surface area contributed by atoms with E-state index >= 15 is 0 Å². The maximum absolute atomic E-state index is 5.92. The van der Waals surface area contributed by atoms with Gasteiger partial charge in [0.25, 0.3) is 0 Å². The Bertz CT molecular complexity index is 1170. The Labute approximate surface area is 151 Å². The number of hydrogen-bond acceptors (Lipinski definition) is 9. The van der Waals surface area contributed by atoms with Crippen LogP contribution in [0.1, 0.15) is 23.2 Å². The van der Waals surface area contributed by atoms with Crippen LogP contribution in [0.2, 0.25) is 0 Å². The second kappa shape index (κ2) is 5.76. The van der Waals surface area contributed by atoms with E-state index in [1.807, 2.05) is 12.1 Å². The average Bonchev–Trinajstić information content (AvgIpc) is 3.35. The van der Waals surface area contributed by atoms with Gasteiger partial charge in [0.05, 0.1) is 25.5 Å². The quantitative estimate of drug-likeness (QED) is 0.363. The summed E-state index contributed by atoms with van der Waals surface area (Å²) < 4.78 is 5.86. The fourth-order valence-corrected chi connectivity index (χ4v) is 2.89. The highest BCUT2D eigenvalue weighted by Gasteiger charge is 2.13. The van der Waals surface area contributed by atoms with Crippen LogP contribution in [0.4, 0.5) is 11.6 Å². The van der Waals surface area contributed by atoms with Crippen LogP contribution in [0.25, 0.3) is 22.3 Å². The molecule has 0 radical (unpaired) electrons. The van der Waals surface area contributed by atoms with Gasteiger partial charge in [-0.05, 0) is 12.1 Å². The van der Waals surface area contributed by atoms with Crippen LogP contribution in [0.5, 0.6) is 0 Å². The first-order valence-corrected chi connectivity index (χ1v) is 8.14. The highest BCUT2D eigenvalue weighted by Crippen LogP contribution is 2.19. The Morgan fingerprint density at radius 1 is 0.741 bits per heavy atom. The highest BCUT2D eigenvalue weighted by molar-refractivity contribution is 5.81. The maximum Gasteiger partial charge on any atom is 0.183 e. The maximum atomic E-state index is 5.92. The SMILES string of the molecule is Nc1nc(Cc2ccc(Cc3nc(N)c4[nH]cnc4n3)o2)nc2nc[nH]c12. The number of rotatable bonds is 4. The topological polar surface area (TPSA) is 174 Å². The molecule has 5 aromatic heterocycles. The summed E-state index contributed by atoms with van der Waals surface area (Å²) in [6.45, 7) is 0. The van der Waals surface area contributed by atoms with Gasteiger partial charge in [0.1, 0.15) is 34.2 Å². The number of fused-ring (bicyclic) bond motifs is 2. The zero-order chi connectivity index (χ0) is 18.4. The first-order valence-electron chi connectivity index (χ1n) is 8.14. The lowest BCUT2D eigenvalue weighted by Crippen LogP contribution is -2.02. The highest BCUT2D eigenvalue weighted by atomic mass is 16.3. The van der Waals surface area contributed by atoms with Gasteiger partial charge in [0.2, 0.25) is 0 Å². The van der Waals surface area contributed by atoms with Gasteiger partial charge in [0.15, 0.2) is 22.9 Å². The molecule has 5 aromatic rings. The number of nitrogen functional groups attached to an aromatic ring is 2. The van der Waals surface area contributed by atoms with Gasteiger partial charge in [-0.1, -0.05) is 0 Å². The minimum Gasteiger partial charge on any atom is -0.465 e. The summed E-state index contributed by atoms with van der Waals surface area (Å²) in [4.78, 5) is 31.4. The van der Waals surface area contributed by atoms with Crippen LogP contribution >= 0.6 is 0 Å². The summed E-state index contributed by atoms with van der Waals surface area (Å²) in [5.74, 6) is 3.19. The van der Waals surface area contributed by atoms with Crippen molar-refractivity contribution in [1.82, 2.24) is 39.9 Å². The van der Waals surface area contributed by atoms with E-state index in [0.29, 0.717) is 70.0 Å². The van der Waals surface area contributed by atoms with Crippen LogP contribution < -0.4 is 11.5 Å². The predicted molar refractivity (Wildman–Crippen MR) is 96.5 cm³/mol. The Morgan fingerprint density at radius 2 is 1.22 bits per heavy atom. The molecule has 5 rings (SSSR count). The number of anilines is 2. The molecule has 11 nitrogen and oxygen atoms in total. The van der Waals surface area contributed by atoms with Crippen molar-refractivity contribution in [2.45, 2.75) is 12.8 Å². The molecule has 0 unspecified atom stereocenters. The third-order valence-corrected chi connectivity index (χ3v) is 4.10. The summed E-state index contributed by atoms with van der Waals surface area (Å²) in [7, 11) is 0. The summed E-state index contributed by atoms with van der Waals surface area (Å²) in [6.07, 6.45) is 3.86. The normalized spacial score (nSPS) is 11.6. The smallest absolute Gasteiger partial charge is 0.183 e. The lowest BCUT2D eigenvalue weighted by atomic mass is 10.3. The third kappa shape index (κ3) is 2.70. The van der Waals surface area contributed by atoms with Gasteiger partial charge in [0, 0.05) is 0 Å². The van der Waals surface area contributed by atoms with Gasteiger partial charge in [-0.25, -0.2) is 29.9 Å². The van der Waals surface area contributed by atoms with Gasteiger partial charge >= 0.3 is 0 Å². The molecular weight excluding hydrogens is 348 g/mol. The van der Waals surface area contributed by atoms with Crippen LogP contribution in [0.3, 0.4) is 0 Å². The van der Waals surface area contributed by atoms with Crippen LogP contribution in [-0.4, -0.2) is 39.9 Å².